The maximum absolute atomic E-state index is 6.26. The van der Waals surface area contributed by atoms with Crippen molar-refractivity contribution in [1.29, 1.82) is 0 Å². The van der Waals surface area contributed by atoms with Crippen molar-refractivity contribution in [2.45, 2.75) is 26.7 Å². The Morgan fingerprint density at radius 1 is 1.12 bits per heavy atom. The molecule has 4 nitrogen and oxygen atoms in total. The van der Waals surface area contributed by atoms with Gasteiger partial charge in [-0.2, -0.15) is 0 Å². The van der Waals surface area contributed by atoms with E-state index in [1.165, 1.54) is 0 Å². The second kappa shape index (κ2) is 8.26. The van der Waals surface area contributed by atoms with E-state index in [0.29, 0.717) is 17.4 Å². The summed E-state index contributed by atoms with van der Waals surface area (Å²) in [5.74, 6) is 2.34. The molecule has 0 saturated carbocycles. The molecule has 0 aliphatic heterocycles. The van der Waals surface area contributed by atoms with E-state index in [-0.39, 0.29) is 0 Å². The van der Waals surface area contributed by atoms with Gasteiger partial charge in [0.05, 0.1) is 19.1 Å². The molecule has 0 aromatic heterocycles. The van der Waals surface area contributed by atoms with E-state index in [4.69, 9.17) is 21.1 Å². The molecule has 0 aliphatic carbocycles. The standard InChI is InChI=1S/C20H25ClN2O2/c1-13(2)16-10-15(7-8-17(16)21)25-20-9-14(3)18(11-19(20)24-6)22-12-23(4)5/h7-13H,1-6H3/b22-12+. The van der Waals surface area contributed by atoms with Gasteiger partial charge in [-0.1, -0.05) is 25.4 Å². The lowest BCUT2D eigenvalue weighted by atomic mass is 10.0. The quantitative estimate of drug-likeness (QED) is 0.482. The molecule has 0 saturated heterocycles. The van der Waals surface area contributed by atoms with E-state index in [2.05, 4.69) is 18.8 Å². The molecule has 2 rings (SSSR count). The van der Waals surface area contributed by atoms with Crippen LogP contribution in [0.2, 0.25) is 5.02 Å². The third-order valence-corrected chi connectivity index (χ3v) is 4.07. The average Bonchev–Trinajstić information content (AvgIpc) is 2.55. The van der Waals surface area contributed by atoms with Crippen LogP contribution in [-0.2, 0) is 0 Å². The van der Waals surface area contributed by atoms with Crippen LogP contribution in [0.5, 0.6) is 17.2 Å². The van der Waals surface area contributed by atoms with Crippen LogP contribution in [0.1, 0.15) is 30.9 Å². The zero-order valence-electron chi connectivity index (χ0n) is 15.6. The molecule has 0 heterocycles. The number of benzene rings is 2. The van der Waals surface area contributed by atoms with Crippen molar-refractivity contribution >= 4 is 23.6 Å². The predicted molar refractivity (Wildman–Crippen MR) is 105 cm³/mol. The number of ether oxygens (including phenoxy) is 2. The lowest BCUT2D eigenvalue weighted by molar-refractivity contribution is 0.378. The van der Waals surface area contributed by atoms with Crippen LogP contribution in [0, 0.1) is 6.92 Å². The average molecular weight is 361 g/mol. The van der Waals surface area contributed by atoms with Crippen LogP contribution in [0.3, 0.4) is 0 Å². The molecule has 0 amide bonds. The minimum Gasteiger partial charge on any atom is -0.493 e. The predicted octanol–water partition coefficient (Wildman–Crippen LogP) is 5.79. The van der Waals surface area contributed by atoms with Gasteiger partial charge in [0.1, 0.15) is 5.75 Å². The van der Waals surface area contributed by atoms with E-state index >= 15 is 0 Å². The summed E-state index contributed by atoms with van der Waals surface area (Å²) < 4.78 is 11.5. The fourth-order valence-electron chi connectivity index (χ4n) is 2.36. The summed E-state index contributed by atoms with van der Waals surface area (Å²) in [7, 11) is 5.49. The summed E-state index contributed by atoms with van der Waals surface area (Å²) in [5, 5.41) is 0.749. The third-order valence-electron chi connectivity index (χ3n) is 3.73. The zero-order valence-corrected chi connectivity index (χ0v) is 16.4. The molecule has 0 radical (unpaired) electrons. The molecule has 0 bridgehead atoms. The smallest absolute Gasteiger partial charge is 0.169 e. The van der Waals surface area contributed by atoms with Gasteiger partial charge in [0.25, 0.3) is 0 Å². The van der Waals surface area contributed by atoms with Crippen molar-refractivity contribution < 1.29 is 9.47 Å². The Kier molecular flexibility index (Phi) is 6.32. The molecular formula is C20H25ClN2O2. The highest BCUT2D eigenvalue weighted by molar-refractivity contribution is 6.31. The molecule has 0 unspecified atom stereocenters. The second-order valence-electron chi connectivity index (χ2n) is 6.44. The molecule has 2 aromatic rings. The van der Waals surface area contributed by atoms with E-state index in [1.807, 2.05) is 56.3 Å². The van der Waals surface area contributed by atoms with Crippen molar-refractivity contribution in [3.05, 3.63) is 46.5 Å². The van der Waals surface area contributed by atoms with Crippen molar-refractivity contribution in [2.75, 3.05) is 21.2 Å². The first-order valence-electron chi connectivity index (χ1n) is 8.18. The first-order valence-corrected chi connectivity index (χ1v) is 8.56. The van der Waals surface area contributed by atoms with Crippen LogP contribution >= 0.6 is 11.6 Å². The van der Waals surface area contributed by atoms with Gasteiger partial charge in [0, 0.05) is 25.2 Å². The molecule has 0 N–H and O–H groups in total. The van der Waals surface area contributed by atoms with E-state index < -0.39 is 0 Å². The number of hydrogen-bond donors (Lipinski definition) is 0. The normalized spacial score (nSPS) is 11.2. The van der Waals surface area contributed by atoms with Crippen LogP contribution in [0.25, 0.3) is 0 Å². The second-order valence-corrected chi connectivity index (χ2v) is 6.85. The molecule has 0 fully saturated rings. The molecule has 2 aromatic carbocycles. The van der Waals surface area contributed by atoms with Crippen LogP contribution in [-0.4, -0.2) is 32.4 Å². The highest BCUT2D eigenvalue weighted by atomic mass is 35.5. The van der Waals surface area contributed by atoms with Crippen molar-refractivity contribution in [3.63, 3.8) is 0 Å². The molecule has 25 heavy (non-hydrogen) atoms. The van der Waals surface area contributed by atoms with Gasteiger partial charge in [-0.15, -0.1) is 0 Å². The molecule has 0 spiro atoms. The topological polar surface area (TPSA) is 34.1 Å². The number of rotatable bonds is 6. The van der Waals surface area contributed by atoms with Crippen LogP contribution < -0.4 is 9.47 Å². The summed E-state index contributed by atoms with van der Waals surface area (Å²) in [6.07, 6.45) is 1.76. The number of aryl methyl sites for hydroxylation is 1. The third kappa shape index (κ3) is 4.89. The van der Waals surface area contributed by atoms with Crippen molar-refractivity contribution in [2.24, 2.45) is 4.99 Å². The van der Waals surface area contributed by atoms with E-state index in [1.54, 1.807) is 13.4 Å². The molecule has 0 aliphatic rings. The van der Waals surface area contributed by atoms with Gasteiger partial charge in [-0.05, 0) is 48.2 Å². The fourth-order valence-corrected chi connectivity index (χ4v) is 2.70. The van der Waals surface area contributed by atoms with Gasteiger partial charge >= 0.3 is 0 Å². The van der Waals surface area contributed by atoms with Crippen molar-refractivity contribution in [3.8, 4) is 17.2 Å². The largest absolute Gasteiger partial charge is 0.493 e. The van der Waals surface area contributed by atoms with E-state index in [9.17, 15) is 0 Å². The highest BCUT2D eigenvalue weighted by Gasteiger charge is 2.12. The van der Waals surface area contributed by atoms with Crippen LogP contribution in [0.4, 0.5) is 5.69 Å². The number of halogens is 1. The highest BCUT2D eigenvalue weighted by Crippen LogP contribution is 2.38. The van der Waals surface area contributed by atoms with Gasteiger partial charge in [-0.3, -0.25) is 0 Å². The number of hydrogen-bond acceptors (Lipinski definition) is 3. The molecule has 0 atom stereocenters. The Morgan fingerprint density at radius 2 is 1.84 bits per heavy atom. The Hall–Kier alpha value is -2.20. The maximum Gasteiger partial charge on any atom is 0.169 e. The van der Waals surface area contributed by atoms with Crippen LogP contribution in [0.15, 0.2) is 35.3 Å². The first kappa shape index (κ1) is 19.1. The van der Waals surface area contributed by atoms with Gasteiger partial charge in [-0.25, -0.2) is 4.99 Å². The molecule has 5 heteroatoms. The minimum atomic E-state index is 0.322. The summed E-state index contributed by atoms with van der Waals surface area (Å²) in [6, 6.07) is 9.51. The summed E-state index contributed by atoms with van der Waals surface area (Å²) >= 11 is 6.26. The fraction of sp³-hybridized carbons (Fsp3) is 0.350. The summed E-state index contributed by atoms with van der Waals surface area (Å²) in [5.41, 5.74) is 2.91. The molecular weight excluding hydrogens is 336 g/mol. The van der Waals surface area contributed by atoms with Gasteiger partial charge in [0.15, 0.2) is 11.5 Å². The maximum atomic E-state index is 6.26. The minimum absolute atomic E-state index is 0.322. The molecule has 134 valence electrons. The Bertz CT molecular complexity index is 771. The lowest BCUT2D eigenvalue weighted by Crippen LogP contribution is -2.07. The number of methoxy groups -OCH3 is 1. The number of aliphatic imine (C=N–C) groups is 1. The SMILES string of the molecule is COc1cc(/N=C/N(C)C)c(C)cc1Oc1ccc(Cl)c(C(C)C)c1. The first-order chi connectivity index (χ1) is 11.8. The van der Waals surface area contributed by atoms with Crippen molar-refractivity contribution in [1.82, 2.24) is 4.90 Å². The zero-order chi connectivity index (χ0) is 18.6. The Labute approximate surface area is 155 Å². The monoisotopic (exact) mass is 360 g/mol. The van der Waals surface area contributed by atoms with Gasteiger partial charge in [0.2, 0.25) is 0 Å². The number of nitrogens with zero attached hydrogens (tertiary/aromatic N) is 2. The lowest BCUT2D eigenvalue weighted by Gasteiger charge is -2.15. The van der Waals surface area contributed by atoms with Gasteiger partial charge < -0.3 is 14.4 Å². The summed E-state index contributed by atoms with van der Waals surface area (Å²) in [6.45, 7) is 6.20. The van der Waals surface area contributed by atoms with E-state index in [0.717, 1.165) is 27.6 Å². The summed E-state index contributed by atoms with van der Waals surface area (Å²) in [4.78, 5) is 6.35. The Balaban J connectivity index is 2.37. The Morgan fingerprint density at radius 3 is 2.44 bits per heavy atom.